The smallest absolute Gasteiger partial charge is 0.337 e. The minimum atomic E-state index is -0.378. The third kappa shape index (κ3) is 4.04. The number of ether oxygens (including phenoxy) is 2. The molecular formula is C24H28N2O3. The average molecular weight is 392 g/mol. The molecule has 152 valence electrons. The summed E-state index contributed by atoms with van der Waals surface area (Å²) in [6, 6.07) is 11.3. The first-order valence-electron chi connectivity index (χ1n) is 9.72. The molecule has 0 atom stereocenters. The number of nitrogens with zero attached hydrogens (tertiary/aromatic N) is 2. The summed E-state index contributed by atoms with van der Waals surface area (Å²) in [5.74, 6) is 0.386. The molecule has 2 aromatic rings. The Hall–Kier alpha value is -3.08. The van der Waals surface area contributed by atoms with E-state index in [1.165, 1.54) is 23.9 Å². The van der Waals surface area contributed by atoms with Crippen LogP contribution >= 0.6 is 0 Å². The van der Waals surface area contributed by atoms with Gasteiger partial charge in [-0.15, -0.1) is 0 Å². The van der Waals surface area contributed by atoms with Crippen molar-refractivity contribution in [3.8, 4) is 5.75 Å². The number of allylic oxidation sites excluding steroid dienone is 1. The lowest BCUT2D eigenvalue weighted by Gasteiger charge is -2.43. The fourth-order valence-corrected chi connectivity index (χ4v) is 3.95. The third-order valence-electron chi connectivity index (χ3n) is 5.27. The number of methoxy groups -OCH3 is 2. The molecule has 0 bridgehead atoms. The minimum absolute atomic E-state index is 0.0548. The summed E-state index contributed by atoms with van der Waals surface area (Å²) >= 11 is 0. The normalized spacial score (nSPS) is 15.1. The van der Waals surface area contributed by atoms with Gasteiger partial charge in [0.1, 0.15) is 5.75 Å². The van der Waals surface area contributed by atoms with Gasteiger partial charge in [0.25, 0.3) is 0 Å². The number of carbonyl (C=O) groups excluding carboxylic acids is 1. The van der Waals surface area contributed by atoms with Crippen molar-refractivity contribution in [3.05, 3.63) is 59.2 Å². The van der Waals surface area contributed by atoms with Gasteiger partial charge in [-0.25, -0.2) is 4.79 Å². The van der Waals surface area contributed by atoms with Crippen LogP contribution in [0.5, 0.6) is 5.75 Å². The van der Waals surface area contributed by atoms with Crippen LogP contribution in [0.25, 0.3) is 5.57 Å². The molecule has 0 aromatic heterocycles. The van der Waals surface area contributed by atoms with Crippen LogP contribution in [-0.2, 0) is 4.74 Å². The number of anilines is 1. The summed E-state index contributed by atoms with van der Waals surface area (Å²) in [7, 11) is 3.04. The number of fused-ring (bicyclic) bond motifs is 1. The Balaban J connectivity index is 2.03. The highest BCUT2D eigenvalue weighted by Gasteiger charge is 2.31. The van der Waals surface area contributed by atoms with E-state index in [9.17, 15) is 4.79 Å². The number of carbonyl (C=O) groups is 1. The highest BCUT2D eigenvalue weighted by molar-refractivity contribution is 5.93. The maximum Gasteiger partial charge on any atom is 0.337 e. The minimum Gasteiger partial charge on any atom is -0.496 e. The predicted octanol–water partition coefficient (Wildman–Crippen LogP) is 5.25. The van der Waals surface area contributed by atoms with Crippen molar-refractivity contribution in [1.29, 1.82) is 0 Å². The first-order chi connectivity index (χ1) is 13.8. The monoisotopic (exact) mass is 392 g/mol. The molecular weight excluding hydrogens is 364 g/mol. The molecule has 5 heteroatoms. The van der Waals surface area contributed by atoms with Crippen molar-refractivity contribution in [2.45, 2.75) is 33.2 Å². The lowest BCUT2D eigenvalue weighted by molar-refractivity contribution is 0.0601. The molecule has 2 aromatic carbocycles. The van der Waals surface area contributed by atoms with Crippen LogP contribution in [0.3, 0.4) is 0 Å². The van der Waals surface area contributed by atoms with E-state index in [1.807, 2.05) is 6.07 Å². The van der Waals surface area contributed by atoms with E-state index < -0.39 is 0 Å². The molecule has 29 heavy (non-hydrogen) atoms. The topological polar surface area (TPSA) is 51.1 Å². The molecule has 0 saturated carbocycles. The van der Waals surface area contributed by atoms with Crippen molar-refractivity contribution >= 4 is 29.1 Å². The van der Waals surface area contributed by atoms with Crippen LogP contribution in [0.2, 0.25) is 0 Å². The predicted molar refractivity (Wildman–Crippen MR) is 119 cm³/mol. The quantitative estimate of drug-likeness (QED) is 0.515. The van der Waals surface area contributed by atoms with Crippen LogP contribution in [0.4, 0.5) is 11.4 Å². The molecule has 0 saturated heterocycles. The van der Waals surface area contributed by atoms with Crippen molar-refractivity contribution in [1.82, 2.24) is 0 Å². The molecule has 0 amide bonds. The second kappa shape index (κ2) is 8.11. The van der Waals surface area contributed by atoms with Gasteiger partial charge in [0.05, 0.1) is 31.0 Å². The lowest BCUT2D eigenvalue weighted by Crippen LogP contribution is -2.44. The average Bonchev–Trinajstić information content (AvgIpc) is 2.71. The van der Waals surface area contributed by atoms with Crippen molar-refractivity contribution in [2.75, 3.05) is 25.7 Å². The lowest BCUT2D eigenvalue weighted by atomic mass is 9.88. The van der Waals surface area contributed by atoms with Gasteiger partial charge in [0.2, 0.25) is 0 Å². The molecule has 0 N–H and O–H groups in total. The Kier molecular flexibility index (Phi) is 5.78. The molecule has 3 rings (SSSR count). The summed E-state index contributed by atoms with van der Waals surface area (Å²) in [6.07, 6.45) is 4.07. The number of hydrogen-bond acceptors (Lipinski definition) is 5. The van der Waals surface area contributed by atoms with Gasteiger partial charge in [-0.2, -0.15) is 0 Å². The SMILES string of the molecule is CCN1c2cc(OC)c(C=Nc3cccc(C(=O)OC)c3)cc2C(C)=CC1(C)C. The van der Waals surface area contributed by atoms with Crippen LogP contribution in [-0.4, -0.2) is 38.5 Å². The maximum absolute atomic E-state index is 11.7. The van der Waals surface area contributed by atoms with E-state index in [4.69, 9.17) is 9.47 Å². The highest BCUT2D eigenvalue weighted by atomic mass is 16.5. The highest BCUT2D eigenvalue weighted by Crippen LogP contribution is 2.41. The summed E-state index contributed by atoms with van der Waals surface area (Å²) < 4.78 is 10.4. The summed E-state index contributed by atoms with van der Waals surface area (Å²) in [5.41, 5.74) is 5.56. The number of rotatable bonds is 5. The second-order valence-corrected chi connectivity index (χ2v) is 7.64. The van der Waals surface area contributed by atoms with Gasteiger partial charge in [0, 0.05) is 35.6 Å². The fraction of sp³-hybridized carbons (Fsp3) is 0.333. The molecule has 5 nitrogen and oxygen atoms in total. The summed E-state index contributed by atoms with van der Waals surface area (Å²) in [5, 5.41) is 0. The van der Waals surface area contributed by atoms with Crippen LogP contribution in [0.1, 0.15) is 49.2 Å². The third-order valence-corrected chi connectivity index (χ3v) is 5.27. The first-order valence-corrected chi connectivity index (χ1v) is 9.72. The van der Waals surface area contributed by atoms with E-state index in [-0.39, 0.29) is 11.5 Å². The van der Waals surface area contributed by atoms with E-state index in [0.29, 0.717) is 11.3 Å². The number of esters is 1. The van der Waals surface area contributed by atoms with E-state index >= 15 is 0 Å². The summed E-state index contributed by atoms with van der Waals surface area (Å²) in [4.78, 5) is 18.7. The fourth-order valence-electron chi connectivity index (χ4n) is 3.95. The van der Waals surface area contributed by atoms with Crippen LogP contribution < -0.4 is 9.64 Å². The van der Waals surface area contributed by atoms with E-state index in [0.717, 1.165) is 17.9 Å². The Morgan fingerprint density at radius 1 is 1.21 bits per heavy atom. The number of hydrogen-bond donors (Lipinski definition) is 0. The van der Waals surface area contributed by atoms with Crippen LogP contribution in [0, 0.1) is 0 Å². The van der Waals surface area contributed by atoms with Gasteiger partial charge in [-0.1, -0.05) is 12.1 Å². The van der Waals surface area contributed by atoms with Crippen molar-refractivity contribution < 1.29 is 14.3 Å². The zero-order valence-electron chi connectivity index (χ0n) is 17.9. The molecule has 0 unspecified atom stereocenters. The molecule has 0 aliphatic carbocycles. The Morgan fingerprint density at radius 3 is 2.62 bits per heavy atom. The van der Waals surface area contributed by atoms with Crippen molar-refractivity contribution in [2.24, 2.45) is 4.99 Å². The van der Waals surface area contributed by atoms with Gasteiger partial charge in [0.15, 0.2) is 0 Å². The standard InChI is InChI=1S/C24H28N2O3/c1-7-26-21-13-22(28-5)18(12-20(21)16(2)14-24(26,3)4)15-25-19-10-8-9-17(11-19)23(27)29-6/h8-15H,7H2,1-6H3. The van der Waals surface area contributed by atoms with Gasteiger partial charge >= 0.3 is 5.97 Å². The zero-order chi connectivity index (χ0) is 21.2. The molecule has 0 spiro atoms. The Morgan fingerprint density at radius 2 is 1.97 bits per heavy atom. The molecule has 0 fully saturated rings. The molecule has 1 aliphatic rings. The molecule has 0 radical (unpaired) electrons. The summed E-state index contributed by atoms with van der Waals surface area (Å²) in [6.45, 7) is 9.65. The molecule has 1 heterocycles. The Bertz CT molecular complexity index is 990. The number of likely N-dealkylation sites (N-methyl/N-ethyl adjacent to an activating group) is 1. The van der Waals surface area contributed by atoms with Gasteiger partial charge in [-0.3, -0.25) is 4.99 Å². The van der Waals surface area contributed by atoms with Gasteiger partial charge < -0.3 is 14.4 Å². The second-order valence-electron chi connectivity index (χ2n) is 7.64. The zero-order valence-corrected chi connectivity index (χ0v) is 17.9. The Labute approximate surface area is 172 Å². The largest absolute Gasteiger partial charge is 0.496 e. The maximum atomic E-state index is 11.7. The van der Waals surface area contributed by atoms with E-state index in [1.54, 1.807) is 31.5 Å². The van der Waals surface area contributed by atoms with Crippen LogP contribution in [0.15, 0.2) is 47.5 Å². The van der Waals surface area contributed by atoms with Gasteiger partial charge in [-0.05, 0) is 57.5 Å². The molecule has 1 aliphatic heterocycles. The van der Waals surface area contributed by atoms with Crippen molar-refractivity contribution in [3.63, 3.8) is 0 Å². The van der Waals surface area contributed by atoms with E-state index in [2.05, 4.69) is 55.8 Å². The number of benzene rings is 2. The number of aliphatic imine (C=N–C) groups is 1. The first kappa shape index (κ1) is 20.6.